The Labute approximate surface area is 152 Å². The molecule has 136 valence electrons. The molecule has 1 atom stereocenters. The molecule has 5 heteroatoms. The molecule has 0 aliphatic carbocycles. The summed E-state index contributed by atoms with van der Waals surface area (Å²) in [6.07, 6.45) is 2.43. The van der Waals surface area contributed by atoms with Crippen molar-refractivity contribution in [2.24, 2.45) is 0 Å². The van der Waals surface area contributed by atoms with E-state index >= 15 is 0 Å². The summed E-state index contributed by atoms with van der Waals surface area (Å²) in [7, 11) is 1.60. The molecule has 0 saturated heterocycles. The SMILES string of the molecule is CCC(C)NCc1c(O)ccc2c(=O)c(-c3ccc(OC)cc3)coc12. The van der Waals surface area contributed by atoms with Gasteiger partial charge < -0.3 is 19.6 Å². The average molecular weight is 353 g/mol. The Hall–Kier alpha value is -2.79. The highest BCUT2D eigenvalue weighted by atomic mass is 16.5. The second-order valence-corrected chi connectivity index (χ2v) is 6.34. The molecule has 0 amide bonds. The van der Waals surface area contributed by atoms with Crippen LogP contribution in [0.3, 0.4) is 0 Å². The molecule has 0 radical (unpaired) electrons. The van der Waals surface area contributed by atoms with Crippen molar-refractivity contribution in [3.05, 3.63) is 58.4 Å². The third-order valence-corrected chi connectivity index (χ3v) is 4.66. The molecule has 0 fully saturated rings. The molecule has 2 N–H and O–H groups in total. The van der Waals surface area contributed by atoms with Gasteiger partial charge in [0.1, 0.15) is 23.3 Å². The molecule has 0 aliphatic rings. The zero-order valence-corrected chi connectivity index (χ0v) is 15.2. The van der Waals surface area contributed by atoms with Crippen LogP contribution in [0.2, 0.25) is 0 Å². The van der Waals surface area contributed by atoms with E-state index in [1.54, 1.807) is 31.4 Å². The van der Waals surface area contributed by atoms with E-state index in [0.29, 0.717) is 34.7 Å². The lowest BCUT2D eigenvalue weighted by molar-refractivity contribution is 0.415. The van der Waals surface area contributed by atoms with E-state index in [0.717, 1.165) is 17.7 Å². The van der Waals surface area contributed by atoms with Crippen LogP contribution in [0, 0.1) is 0 Å². The Morgan fingerprint density at radius 3 is 2.58 bits per heavy atom. The Bertz CT molecular complexity index is 960. The van der Waals surface area contributed by atoms with Crippen LogP contribution in [0.1, 0.15) is 25.8 Å². The Morgan fingerprint density at radius 1 is 1.19 bits per heavy atom. The highest BCUT2D eigenvalue weighted by Crippen LogP contribution is 2.28. The van der Waals surface area contributed by atoms with Crippen molar-refractivity contribution in [2.45, 2.75) is 32.9 Å². The number of benzene rings is 2. The van der Waals surface area contributed by atoms with Crippen LogP contribution < -0.4 is 15.5 Å². The zero-order chi connectivity index (χ0) is 18.7. The van der Waals surface area contributed by atoms with Gasteiger partial charge in [-0.2, -0.15) is 0 Å². The van der Waals surface area contributed by atoms with Gasteiger partial charge in [-0.05, 0) is 43.2 Å². The van der Waals surface area contributed by atoms with Crippen LogP contribution in [0.5, 0.6) is 11.5 Å². The zero-order valence-electron chi connectivity index (χ0n) is 15.2. The van der Waals surface area contributed by atoms with E-state index in [1.165, 1.54) is 6.26 Å². The topological polar surface area (TPSA) is 71.7 Å². The number of hydrogen-bond donors (Lipinski definition) is 2. The first-order valence-electron chi connectivity index (χ1n) is 8.69. The summed E-state index contributed by atoms with van der Waals surface area (Å²) in [6.45, 7) is 4.59. The maximum atomic E-state index is 12.9. The summed E-state index contributed by atoms with van der Waals surface area (Å²) in [5, 5.41) is 14.0. The molecule has 1 heterocycles. The number of hydrogen-bond acceptors (Lipinski definition) is 5. The molecule has 0 bridgehead atoms. The quantitative estimate of drug-likeness (QED) is 0.699. The van der Waals surface area contributed by atoms with Crippen molar-refractivity contribution in [1.29, 1.82) is 0 Å². The first kappa shape index (κ1) is 18.0. The van der Waals surface area contributed by atoms with Gasteiger partial charge in [0.25, 0.3) is 0 Å². The fourth-order valence-electron chi connectivity index (χ4n) is 2.81. The number of aromatic hydroxyl groups is 1. The highest BCUT2D eigenvalue weighted by molar-refractivity contribution is 5.85. The number of methoxy groups -OCH3 is 1. The standard InChI is InChI=1S/C21H23NO4/c1-4-13(2)22-11-17-19(23)10-9-16-20(24)18(12-26-21(16)17)14-5-7-15(25-3)8-6-14/h5-10,12-13,22-23H,4,11H2,1-3H3. The number of phenolic OH excluding ortho intramolecular Hbond substituents is 1. The van der Waals surface area contributed by atoms with Crippen LogP contribution in [0.15, 0.2) is 51.9 Å². The van der Waals surface area contributed by atoms with Gasteiger partial charge >= 0.3 is 0 Å². The molecule has 0 saturated carbocycles. The number of fused-ring (bicyclic) bond motifs is 1. The minimum absolute atomic E-state index is 0.119. The summed E-state index contributed by atoms with van der Waals surface area (Å²) in [6, 6.07) is 10.7. The maximum absolute atomic E-state index is 12.9. The fraction of sp³-hybridized carbons (Fsp3) is 0.286. The van der Waals surface area contributed by atoms with E-state index in [2.05, 4.69) is 19.2 Å². The van der Waals surface area contributed by atoms with E-state index in [9.17, 15) is 9.90 Å². The molecule has 2 aromatic carbocycles. The molecule has 3 aromatic rings. The molecular weight excluding hydrogens is 330 g/mol. The van der Waals surface area contributed by atoms with Crippen molar-refractivity contribution in [3.8, 4) is 22.6 Å². The monoisotopic (exact) mass is 353 g/mol. The lowest BCUT2D eigenvalue weighted by Gasteiger charge is -2.14. The van der Waals surface area contributed by atoms with Gasteiger partial charge in [-0.1, -0.05) is 19.1 Å². The third kappa shape index (κ3) is 3.44. The maximum Gasteiger partial charge on any atom is 0.200 e. The number of nitrogens with one attached hydrogen (secondary N) is 1. The molecular formula is C21H23NO4. The Kier molecular flexibility index (Phi) is 5.28. The minimum Gasteiger partial charge on any atom is -0.507 e. The average Bonchev–Trinajstić information content (AvgIpc) is 2.67. The van der Waals surface area contributed by atoms with E-state index < -0.39 is 0 Å². The summed E-state index contributed by atoms with van der Waals surface area (Å²) >= 11 is 0. The van der Waals surface area contributed by atoms with Gasteiger partial charge in [-0.25, -0.2) is 0 Å². The van der Waals surface area contributed by atoms with Crippen LogP contribution in [0.4, 0.5) is 0 Å². The number of ether oxygens (including phenoxy) is 1. The summed E-state index contributed by atoms with van der Waals surface area (Å²) in [4.78, 5) is 12.9. The van der Waals surface area contributed by atoms with Gasteiger partial charge in [0, 0.05) is 12.6 Å². The summed E-state index contributed by atoms with van der Waals surface area (Å²) in [5.41, 5.74) is 2.13. The number of rotatable bonds is 6. The van der Waals surface area contributed by atoms with Crippen molar-refractivity contribution in [2.75, 3.05) is 7.11 Å². The van der Waals surface area contributed by atoms with Crippen molar-refractivity contribution >= 4 is 11.0 Å². The van der Waals surface area contributed by atoms with Crippen molar-refractivity contribution in [3.63, 3.8) is 0 Å². The fourth-order valence-corrected chi connectivity index (χ4v) is 2.81. The summed E-state index contributed by atoms with van der Waals surface area (Å²) in [5.74, 6) is 0.843. The van der Waals surface area contributed by atoms with Gasteiger partial charge in [0.15, 0.2) is 0 Å². The van der Waals surface area contributed by atoms with Crippen LogP contribution in [0.25, 0.3) is 22.1 Å². The smallest absolute Gasteiger partial charge is 0.200 e. The Morgan fingerprint density at radius 2 is 1.92 bits per heavy atom. The second-order valence-electron chi connectivity index (χ2n) is 6.34. The first-order valence-corrected chi connectivity index (χ1v) is 8.69. The minimum atomic E-state index is -0.124. The van der Waals surface area contributed by atoms with E-state index in [1.807, 2.05) is 12.1 Å². The second kappa shape index (κ2) is 7.62. The molecule has 3 rings (SSSR count). The van der Waals surface area contributed by atoms with Crippen LogP contribution in [-0.2, 0) is 6.54 Å². The highest BCUT2D eigenvalue weighted by Gasteiger charge is 2.15. The molecule has 26 heavy (non-hydrogen) atoms. The van der Waals surface area contributed by atoms with Gasteiger partial charge in [0.2, 0.25) is 5.43 Å². The van der Waals surface area contributed by atoms with Crippen LogP contribution in [-0.4, -0.2) is 18.3 Å². The predicted octanol–water partition coefficient (Wildman–Crippen LogP) is 4.06. The van der Waals surface area contributed by atoms with E-state index in [-0.39, 0.29) is 11.2 Å². The lowest BCUT2D eigenvalue weighted by Crippen LogP contribution is -2.24. The van der Waals surface area contributed by atoms with Gasteiger partial charge in [-0.15, -0.1) is 0 Å². The predicted molar refractivity (Wildman–Crippen MR) is 103 cm³/mol. The first-order chi connectivity index (χ1) is 12.5. The normalized spacial score (nSPS) is 12.3. The largest absolute Gasteiger partial charge is 0.507 e. The van der Waals surface area contributed by atoms with Gasteiger partial charge in [-0.3, -0.25) is 4.79 Å². The summed E-state index contributed by atoms with van der Waals surface area (Å²) < 4.78 is 10.9. The lowest BCUT2D eigenvalue weighted by atomic mass is 10.0. The van der Waals surface area contributed by atoms with Crippen LogP contribution >= 0.6 is 0 Å². The molecule has 0 spiro atoms. The van der Waals surface area contributed by atoms with E-state index in [4.69, 9.17) is 9.15 Å². The molecule has 1 unspecified atom stereocenters. The molecule has 5 nitrogen and oxygen atoms in total. The van der Waals surface area contributed by atoms with Crippen molar-refractivity contribution in [1.82, 2.24) is 5.32 Å². The molecule has 0 aliphatic heterocycles. The molecule has 1 aromatic heterocycles. The Balaban J connectivity index is 2.06. The number of phenols is 1. The van der Waals surface area contributed by atoms with Crippen molar-refractivity contribution < 1.29 is 14.3 Å². The van der Waals surface area contributed by atoms with Gasteiger partial charge in [0.05, 0.1) is 23.6 Å². The third-order valence-electron chi connectivity index (χ3n) is 4.66.